The maximum Gasteiger partial charge on any atom is 0.347 e. The number of aromatic nitrogens is 6. The third-order valence-corrected chi connectivity index (χ3v) is 6.16. The van der Waals surface area contributed by atoms with Gasteiger partial charge >= 0.3 is 11.4 Å². The quantitative estimate of drug-likeness (QED) is 0.307. The van der Waals surface area contributed by atoms with Gasteiger partial charge in [0, 0.05) is 31.6 Å². The number of anilines is 1. The van der Waals surface area contributed by atoms with Crippen molar-refractivity contribution in [2.45, 2.75) is 12.8 Å². The summed E-state index contributed by atoms with van der Waals surface area (Å²) in [6.45, 7) is 1.17. The Balaban J connectivity index is 1.40. The van der Waals surface area contributed by atoms with E-state index in [9.17, 15) is 9.59 Å². The first-order chi connectivity index (χ1) is 18.1. The molecule has 0 atom stereocenters. The number of ether oxygens (including phenoxy) is 1. The molecular formula is C27H27N7O3. The standard InChI is InChI=1S/C27H27N7O3/c1-37-23-14-12-20(13-15-23)32(18-16-24-28-30-26(35)33(24)21-8-4-2-5-9-21)19-17-25-29-31-27(36)34(25)22-10-6-3-7-11-22/h2-15H,16-19H2,1H3,(H,30,35)(H,31,36). The van der Waals surface area contributed by atoms with Gasteiger partial charge in [-0.05, 0) is 48.5 Å². The summed E-state index contributed by atoms with van der Waals surface area (Å²) in [5.74, 6) is 2.03. The van der Waals surface area contributed by atoms with Gasteiger partial charge in [-0.2, -0.15) is 10.2 Å². The van der Waals surface area contributed by atoms with Crippen LogP contribution in [0.25, 0.3) is 11.4 Å². The average Bonchev–Trinajstić information content (AvgIpc) is 3.51. The summed E-state index contributed by atoms with van der Waals surface area (Å²) in [5, 5.41) is 13.7. The summed E-state index contributed by atoms with van der Waals surface area (Å²) in [7, 11) is 1.63. The molecule has 0 bridgehead atoms. The van der Waals surface area contributed by atoms with Crippen LogP contribution in [-0.4, -0.2) is 49.7 Å². The van der Waals surface area contributed by atoms with Crippen LogP contribution in [0.3, 0.4) is 0 Å². The van der Waals surface area contributed by atoms with E-state index < -0.39 is 0 Å². The second-order valence-electron chi connectivity index (χ2n) is 8.42. The summed E-state index contributed by atoms with van der Waals surface area (Å²) in [5.41, 5.74) is 1.95. The fraction of sp³-hybridized carbons (Fsp3) is 0.185. The molecule has 0 spiro atoms. The van der Waals surface area contributed by atoms with Crippen molar-refractivity contribution in [2.75, 3.05) is 25.1 Å². The van der Waals surface area contributed by atoms with Gasteiger partial charge in [0.15, 0.2) is 0 Å². The lowest BCUT2D eigenvalue weighted by molar-refractivity contribution is 0.415. The normalized spacial score (nSPS) is 10.9. The Morgan fingerprint density at radius 1 is 0.703 bits per heavy atom. The predicted octanol–water partition coefficient (Wildman–Crippen LogP) is 2.74. The molecule has 0 radical (unpaired) electrons. The van der Waals surface area contributed by atoms with Crippen molar-refractivity contribution in [1.29, 1.82) is 0 Å². The Morgan fingerprint density at radius 3 is 1.59 bits per heavy atom. The minimum atomic E-state index is -0.277. The molecule has 37 heavy (non-hydrogen) atoms. The van der Waals surface area contributed by atoms with E-state index in [1.165, 1.54) is 0 Å². The Hall–Kier alpha value is -4.86. The van der Waals surface area contributed by atoms with Gasteiger partial charge in [0.25, 0.3) is 0 Å². The topological polar surface area (TPSA) is 114 Å². The van der Waals surface area contributed by atoms with Crippen molar-refractivity contribution in [3.05, 3.63) is 118 Å². The van der Waals surface area contributed by atoms with Crippen molar-refractivity contribution in [3.8, 4) is 17.1 Å². The molecule has 188 valence electrons. The molecular weight excluding hydrogens is 470 g/mol. The molecule has 2 N–H and O–H groups in total. The van der Waals surface area contributed by atoms with Gasteiger partial charge in [-0.25, -0.2) is 28.9 Å². The molecule has 3 aromatic carbocycles. The number of para-hydroxylation sites is 2. The van der Waals surface area contributed by atoms with Gasteiger partial charge in [-0.3, -0.25) is 0 Å². The van der Waals surface area contributed by atoms with Crippen LogP contribution in [-0.2, 0) is 12.8 Å². The monoisotopic (exact) mass is 497 g/mol. The van der Waals surface area contributed by atoms with E-state index >= 15 is 0 Å². The van der Waals surface area contributed by atoms with Crippen LogP contribution in [0.1, 0.15) is 11.6 Å². The van der Waals surface area contributed by atoms with Gasteiger partial charge < -0.3 is 9.64 Å². The molecule has 5 aromatic rings. The maximum absolute atomic E-state index is 12.5. The number of methoxy groups -OCH3 is 1. The Morgan fingerprint density at radius 2 is 1.16 bits per heavy atom. The van der Waals surface area contributed by atoms with Gasteiger partial charge in [0.2, 0.25) is 0 Å². The zero-order valence-corrected chi connectivity index (χ0v) is 20.4. The number of nitrogens with one attached hydrogen (secondary N) is 2. The Labute approximate surface area is 212 Å². The third kappa shape index (κ3) is 5.22. The smallest absolute Gasteiger partial charge is 0.347 e. The molecule has 0 aliphatic rings. The molecule has 5 rings (SSSR count). The van der Waals surface area contributed by atoms with E-state index in [1.807, 2.05) is 84.9 Å². The summed E-state index contributed by atoms with van der Waals surface area (Å²) >= 11 is 0. The predicted molar refractivity (Wildman–Crippen MR) is 141 cm³/mol. The fourth-order valence-electron chi connectivity index (χ4n) is 4.31. The van der Waals surface area contributed by atoms with Crippen LogP contribution >= 0.6 is 0 Å². The lowest BCUT2D eigenvalue weighted by Crippen LogP contribution is -2.30. The highest BCUT2D eigenvalue weighted by molar-refractivity contribution is 5.49. The average molecular weight is 498 g/mol. The van der Waals surface area contributed by atoms with Gasteiger partial charge in [-0.15, -0.1) is 0 Å². The molecule has 0 saturated heterocycles. The second-order valence-corrected chi connectivity index (χ2v) is 8.42. The highest BCUT2D eigenvalue weighted by atomic mass is 16.5. The number of rotatable bonds is 10. The molecule has 10 heteroatoms. The van der Waals surface area contributed by atoms with Crippen molar-refractivity contribution in [3.63, 3.8) is 0 Å². The van der Waals surface area contributed by atoms with E-state index in [0.717, 1.165) is 22.8 Å². The molecule has 0 unspecified atom stereocenters. The largest absolute Gasteiger partial charge is 0.497 e. The summed E-state index contributed by atoms with van der Waals surface area (Å²) in [6.07, 6.45) is 1.04. The van der Waals surface area contributed by atoms with E-state index in [1.54, 1.807) is 16.2 Å². The molecule has 0 saturated carbocycles. The zero-order chi connectivity index (χ0) is 25.6. The number of H-pyrrole nitrogens is 2. The summed E-state index contributed by atoms with van der Waals surface area (Å²) < 4.78 is 8.50. The van der Waals surface area contributed by atoms with Crippen LogP contribution in [0.2, 0.25) is 0 Å². The molecule has 2 aromatic heterocycles. The Bertz CT molecular complexity index is 1460. The van der Waals surface area contributed by atoms with Crippen LogP contribution in [0, 0.1) is 0 Å². The molecule has 2 heterocycles. The van der Waals surface area contributed by atoms with Gasteiger partial charge in [0.1, 0.15) is 17.4 Å². The minimum Gasteiger partial charge on any atom is -0.497 e. The van der Waals surface area contributed by atoms with Crippen molar-refractivity contribution in [1.82, 2.24) is 29.5 Å². The second kappa shape index (κ2) is 10.8. The molecule has 0 aliphatic heterocycles. The highest BCUT2D eigenvalue weighted by Crippen LogP contribution is 2.20. The number of nitrogens with zero attached hydrogens (tertiary/aromatic N) is 5. The summed E-state index contributed by atoms with van der Waals surface area (Å²) in [4.78, 5) is 27.2. The van der Waals surface area contributed by atoms with Crippen LogP contribution in [0.4, 0.5) is 5.69 Å². The maximum atomic E-state index is 12.5. The Kier molecular flexibility index (Phi) is 6.98. The highest BCUT2D eigenvalue weighted by Gasteiger charge is 2.16. The van der Waals surface area contributed by atoms with E-state index in [0.29, 0.717) is 37.6 Å². The zero-order valence-electron chi connectivity index (χ0n) is 20.4. The van der Waals surface area contributed by atoms with Crippen LogP contribution < -0.4 is 21.0 Å². The lowest BCUT2D eigenvalue weighted by Gasteiger charge is -2.25. The molecule has 0 amide bonds. The van der Waals surface area contributed by atoms with Gasteiger partial charge in [-0.1, -0.05) is 36.4 Å². The SMILES string of the molecule is COc1ccc(N(CCc2n[nH]c(=O)n2-c2ccccc2)CCc2n[nH]c(=O)n2-c2ccccc2)cc1. The first kappa shape index (κ1) is 23.9. The van der Waals surface area contributed by atoms with E-state index in [4.69, 9.17) is 4.74 Å². The van der Waals surface area contributed by atoms with Crippen LogP contribution in [0.15, 0.2) is 94.5 Å². The first-order valence-electron chi connectivity index (χ1n) is 12.0. The molecule has 0 fully saturated rings. The van der Waals surface area contributed by atoms with Crippen molar-refractivity contribution < 1.29 is 4.74 Å². The third-order valence-electron chi connectivity index (χ3n) is 6.16. The number of aromatic amines is 2. The molecule has 0 aliphatic carbocycles. The molecule has 10 nitrogen and oxygen atoms in total. The van der Waals surface area contributed by atoms with E-state index in [-0.39, 0.29) is 11.4 Å². The van der Waals surface area contributed by atoms with Crippen LogP contribution in [0.5, 0.6) is 5.75 Å². The number of hydrogen-bond donors (Lipinski definition) is 2. The van der Waals surface area contributed by atoms with Crippen molar-refractivity contribution >= 4 is 5.69 Å². The first-order valence-corrected chi connectivity index (χ1v) is 12.0. The minimum absolute atomic E-state index is 0.277. The van der Waals surface area contributed by atoms with E-state index in [2.05, 4.69) is 25.3 Å². The van der Waals surface area contributed by atoms with Gasteiger partial charge in [0.05, 0.1) is 18.5 Å². The lowest BCUT2D eigenvalue weighted by atomic mass is 10.2. The number of hydrogen-bond acceptors (Lipinski definition) is 6. The summed E-state index contributed by atoms with van der Waals surface area (Å²) in [6, 6.07) is 26.7. The number of benzene rings is 3. The van der Waals surface area contributed by atoms with Crippen molar-refractivity contribution in [2.24, 2.45) is 0 Å². The fourth-order valence-corrected chi connectivity index (χ4v) is 4.31.